The zero-order valence-corrected chi connectivity index (χ0v) is 10.2. The molecule has 0 aliphatic heterocycles. The summed E-state index contributed by atoms with van der Waals surface area (Å²) in [6.45, 7) is 4.07. The van der Waals surface area contributed by atoms with E-state index in [2.05, 4.69) is 5.32 Å². The maximum atomic E-state index is 11.9. The van der Waals surface area contributed by atoms with E-state index in [-0.39, 0.29) is 17.9 Å². The highest BCUT2D eigenvalue weighted by Crippen LogP contribution is 2.21. The van der Waals surface area contributed by atoms with E-state index in [9.17, 15) is 4.79 Å². The van der Waals surface area contributed by atoms with Crippen LogP contribution in [0.15, 0.2) is 0 Å². The average Bonchev–Trinajstić information content (AvgIpc) is 2.29. The molecular formula is C13H25NO. The van der Waals surface area contributed by atoms with E-state index in [1.165, 1.54) is 38.5 Å². The van der Waals surface area contributed by atoms with Gasteiger partial charge in [0.15, 0.2) is 0 Å². The van der Waals surface area contributed by atoms with Crippen molar-refractivity contribution in [3.8, 4) is 0 Å². The fraction of sp³-hybridized carbons (Fsp3) is 0.923. The maximum absolute atomic E-state index is 11.9. The van der Waals surface area contributed by atoms with Crippen molar-refractivity contribution < 1.29 is 4.79 Å². The zero-order valence-electron chi connectivity index (χ0n) is 10.2. The first kappa shape index (κ1) is 12.5. The minimum absolute atomic E-state index is 0.283. The highest BCUT2D eigenvalue weighted by molar-refractivity contribution is 5.78. The molecule has 0 heterocycles. The zero-order chi connectivity index (χ0) is 11.1. The normalized spacial score (nSPS) is 20.5. The Morgan fingerprint density at radius 2 is 1.47 bits per heavy atom. The molecule has 0 saturated heterocycles. The summed E-state index contributed by atoms with van der Waals surface area (Å²) < 4.78 is 0. The maximum Gasteiger partial charge on any atom is 0.223 e. The summed E-state index contributed by atoms with van der Waals surface area (Å²) >= 11 is 0. The van der Waals surface area contributed by atoms with Crippen LogP contribution >= 0.6 is 0 Å². The van der Waals surface area contributed by atoms with Crippen LogP contribution < -0.4 is 5.32 Å². The largest absolute Gasteiger partial charge is 0.354 e. The summed E-state index contributed by atoms with van der Waals surface area (Å²) in [7, 11) is 0. The molecule has 0 aromatic rings. The highest BCUT2D eigenvalue weighted by atomic mass is 16.1. The van der Waals surface area contributed by atoms with E-state index < -0.39 is 0 Å². The molecule has 1 amide bonds. The van der Waals surface area contributed by atoms with Gasteiger partial charge in [-0.05, 0) is 26.7 Å². The Kier molecular flexibility index (Phi) is 5.74. The fourth-order valence-electron chi connectivity index (χ4n) is 2.30. The Balaban J connectivity index is 2.38. The Morgan fingerprint density at radius 1 is 1.00 bits per heavy atom. The van der Waals surface area contributed by atoms with Crippen molar-refractivity contribution in [2.24, 2.45) is 5.92 Å². The topological polar surface area (TPSA) is 29.1 Å². The monoisotopic (exact) mass is 211 g/mol. The molecule has 1 aliphatic carbocycles. The Labute approximate surface area is 93.8 Å². The van der Waals surface area contributed by atoms with E-state index in [0.717, 1.165) is 12.8 Å². The smallest absolute Gasteiger partial charge is 0.223 e. The van der Waals surface area contributed by atoms with Crippen LogP contribution in [0.1, 0.15) is 65.2 Å². The molecule has 1 N–H and O–H groups in total. The summed E-state index contributed by atoms with van der Waals surface area (Å²) in [4.78, 5) is 11.9. The van der Waals surface area contributed by atoms with Gasteiger partial charge in [0.25, 0.3) is 0 Å². The first-order chi connectivity index (χ1) is 7.20. The van der Waals surface area contributed by atoms with Crippen molar-refractivity contribution in [2.45, 2.75) is 71.3 Å². The highest BCUT2D eigenvalue weighted by Gasteiger charge is 2.18. The van der Waals surface area contributed by atoms with Crippen molar-refractivity contribution in [1.29, 1.82) is 0 Å². The lowest BCUT2D eigenvalue weighted by molar-refractivity contribution is -0.126. The lowest BCUT2D eigenvalue weighted by atomic mass is 9.96. The first-order valence-corrected chi connectivity index (χ1v) is 6.50. The fourth-order valence-corrected chi connectivity index (χ4v) is 2.30. The number of nitrogens with one attached hydrogen (secondary N) is 1. The average molecular weight is 211 g/mol. The number of hydrogen-bond donors (Lipinski definition) is 1. The van der Waals surface area contributed by atoms with Gasteiger partial charge >= 0.3 is 0 Å². The molecule has 15 heavy (non-hydrogen) atoms. The first-order valence-electron chi connectivity index (χ1n) is 6.50. The number of rotatable bonds is 2. The van der Waals surface area contributed by atoms with Gasteiger partial charge in [-0.1, -0.05) is 38.5 Å². The number of hydrogen-bond acceptors (Lipinski definition) is 1. The van der Waals surface area contributed by atoms with Gasteiger partial charge in [0, 0.05) is 12.0 Å². The van der Waals surface area contributed by atoms with E-state index in [1.54, 1.807) is 0 Å². The molecule has 88 valence electrons. The van der Waals surface area contributed by atoms with Crippen molar-refractivity contribution >= 4 is 5.91 Å². The second-order valence-electron chi connectivity index (χ2n) is 5.06. The minimum atomic E-state index is 0.283. The molecule has 0 bridgehead atoms. The van der Waals surface area contributed by atoms with Crippen LogP contribution in [-0.4, -0.2) is 11.9 Å². The molecule has 1 aliphatic rings. The van der Waals surface area contributed by atoms with Gasteiger partial charge in [-0.2, -0.15) is 0 Å². The molecule has 2 heteroatoms. The van der Waals surface area contributed by atoms with Crippen molar-refractivity contribution in [3.05, 3.63) is 0 Å². The quantitative estimate of drug-likeness (QED) is 0.746. The van der Waals surface area contributed by atoms with Crippen LogP contribution in [0, 0.1) is 5.92 Å². The van der Waals surface area contributed by atoms with Gasteiger partial charge in [0.05, 0.1) is 0 Å². The third-order valence-electron chi connectivity index (χ3n) is 3.16. The molecule has 1 saturated carbocycles. The standard InChI is InChI=1S/C13H25NO/c1-11(2)14-13(15)12-9-7-5-3-4-6-8-10-12/h11-12H,3-10H2,1-2H3,(H,14,15). The molecule has 0 spiro atoms. The molecule has 0 aromatic heterocycles. The summed E-state index contributed by atoms with van der Waals surface area (Å²) in [5, 5.41) is 3.04. The Bertz CT molecular complexity index is 179. The second-order valence-corrected chi connectivity index (χ2v) is 5.06. The number of amides is 1. The van der Waals surface area contributed by atoms with Crippen molar-refractivity contribution in [2.75, 3.05) is 0 Å². The van der Waals surface area contributed by atoms with E-state index in [1.807, 2.05) is 13.8 Å². The van der Waals surface area contributed by atoms with Gasteiger partial charge in [-0.3, -0.25) is 4.79 Å². The summed E-state index contributed by atoms with van der Waals surface area (Å²) in [6.07, 6.45) is 10.00. The van der Waals surface area contributed by atoms with Gasteiger partial charge in [-0.15, -0.1) is 0 Å². The summed E-state index contributed by atoms with van der Waals surface area (Å²) in [5.41, 5.74) is 0. The van der Waals surface area contributed by atoms with E-state index in [0.29, 0.717) is 0 Å². The molecule has 1 fully saturated rings. The number of carbonyl (C=O) groups excluding carboxylic acids is 1. The van der Waals surface area contributed by atoms with Crippen LogP contribution in [-0.2, 0) is 4.79 Å². The summed E-state index contributed by atoms with van der Waals surface area (Å²) in [5.74, 6) is 0.567. The molecular weight excluding hydrogens is 186 g/mol. The van der Waals surface area contributed by atoms with Gasteiger partial charge in [0.1, 0.15) is 0 Å². The van der Waals surface area contributed by atoms with Gasteiger partial charge in [-0.25, -0.2) is 0 Å². The minimum Gasteiger partial charge on any atom is -0.354 e. The SMILES string of the molecule is CC(C)NC(=O)C1CCCCCCCC1. The molecule has 0 unspecified atom stereocenters. The molecule has 1 rings (SSSR count). The lowest BCUT2D eigenvalue weighted by Crippen LogP contribution is -2.35. The predicted molar refractivity (Wildman–Crippen MR) is 63.7 cm³/mol. The molecule has 0 aromatic carbocycles. The Morgan fingerprint density at radius 3 is 1.93 bits per heavy atom. The molecule has 2 nitrogen and oxygen atoms in total. The molecule has 0 radical (unpaired) electrons. The predicted octanol–water partition coefficient (Wildman–Crippen LogP) is 3.26. The third kappa shape index (κ3) is 5.19. The van der Waals surface area contributed by atoms with Crippen molar-refractivity contribution in [3.63, 3.8) is 0 Å². The Hall–Kier alpha value is -0.530. The van der Waals surface area contributed by atoms with Gasteiger partial charge < -0.3 is 5.32 Å². The van der Waals surface area contributed by atoms with E-state index >= 15 is 0 Å². The van der Waals surface area contributed by atoms with Crippen LogP contribution in [0.25, 0.3) is 0 Å². The van der Waals surface area contributed by atoms with Crippen LogP contribution in [0.3, 0.4) is 0 Å². The number of carbonyl (C=O) groups is 1. The molecule has 0 atom stereocenters. The van der Waals surface area contributed by atoms with E-state index in [4.69, 9.17) is 0 Å². The summed E-state index contributed by atoms with van der Waals surface area (Å²) in [6, 6.07) is 0.283. The second kappa shape index (κ2) is 6.86. The lowest BCUT2D eigenvalue weighted by Gasteiger charge is -2.17. The van der Waals surface area contributed by atoms with Gasteiger partial charge in [0.2, 0.25) is 5.91 Å². The van der Waals surface area contributed by atoms with Crippen LogP contribution in [0.2, 0.25) is 0 Å². The van der Waals surface area contributed by atoms with Crippen LogP contribution in [0.4, 0.5) is 0 Å². The third-order valence-corrected chi connectivity index (χ3v) is 3.16. The van der Waals surface area contributed by atoms with Crippen LogP contribution in [0.5, 0.6) is 0 Å². The van der Waals surface area contributed by atoms with Crippen molar-refractivity contribution in [1.82, 2.24) is 5.32 Å².